The van der Waals surface area contributed by atoms with E-state index in [0.717, 1.165) is 16.3 Å². The number of thiazole rings is 1. The Morgan fingerprint density at radius 2 is 1.79 bits per heavy atom. The molecule has 14 nitrogen and oxygen atoms in total. The van der Waals surface area contributed by atoms with Crippen LogP contribution in [0.2, 0.25) is 0 Å². The second-order valence-corrected chi connectivity index (χ2v) is 16.8. The molecule has 1 aliphatic heterocycles. The monoisotopic (exact) mass is 769 g/mol. The average molecular weight is 770 g/mol. The summed E-state index contributed by atoms with van der Waals surface area (Å²) in [6.45, 7) is 10.5. The molecule has 3 amide bonds. The second kappa shape index (κ2) is 19.2. The number of aryl methyl sites for hydroxylation is 1. The van der Waals surface area contributed by atoms with Crippen LogP contribution in [0, 0.1) is 18.8 Å². The number of carbonyl (C=O) groups is 3. The Labute approximate surface area is 316 Å². The molecule has 0 radical (unpaired) electrons. The first-order chi connectivity index (χ1) is 25.2. The Hall–Kier alpha value is -4.22. The fourth-order valence-electron chi connectivity index (χ4n) is 6.10. The lowest BCUT2D eigenvalue weighted by Gasteiger charge is -2.34. The smallest absolute Gasteiger partial charge is 0.336 e. The van der Waals surface area contributed by atoms with Crippen molar-refractivity contribution in [3.63, 3.8) is 0 Å². The zero-order valence-corrected chi connectivity index (χ0v) is 32.6. The van der Waals surface area contributed by atoms with Gasteiger partial charge in [-0.2, -0.15) is 4.31 Å². The molecule has 4 rings (SSSR count). The number of hydrogen-bond acceptors (Lipinski definition) is 11. The van der Waals surface area contributed by atoms with E-state index < -0.39 is 40.1 Å². The number of nitrogens with zero attached hydrogens (tertiary/aromatic N) is 5. The molecule has 1 unspecified atom stereocenters. The maximum absolute atomic E-state index is 14.1. The quantitative estimate of drug-likeness (QED) is 0.0934. The van der Waals surface area contributed by atoms with Gasteiger partial charge < -0.3 is 30.8 Å². The van der Waals surface area contributed by atoms with Crippen LogP contribution in [0.3, 0.4) is 0 Å². The number of benzene rings is 2. The van der Waals surface area contributed by atoms with Crippen LogP contribution in [0.1, 0.15) is 55.9 Å². The van der Waals surface area contributed by atoms with Crippen molar-refractivity contribution in [3.8, 4) is 0 Å². The molecule has 16 heteroatoms. The van der Waals surface area contributed by atoms with Crippen LogP contribution < -0.4 is 11.1 Å². The van der Waals surface area contributed by atoms with Crippen molar-refractivity contribution in [3.05, 3.63) is 81.8 Å². The predicted molar refractivity (Wildman–Crippen MR) is 203 cm³/mol. The molecule has 1 saturated heterocycles. The number of amides is 3. The molecule has 1 aliphatic rings. The topological polar surface area (TPSA) is 188 Å². The molecule has 4 N–H and O–H groups in total. The normalized spacial score (nSPS) is 15.5. The first kappa shape index (κ1) is 41.5. The third-order valence-corrected chi connectivity index (χ3v) is 11.3. The number of aromatic nitrogens is 1. The molecule has 288 valence electrons. The molecule has 1 fully saturated rings. The molecule has 0 saturated carbocycles. The number of aliphatic hydroxyl groups excluding tert-OH is 1. The number of nitrogens with one attached hydrogen (secondary N) is 1. The molecular weight excluding hydrogens is 719 g/mol. The van der Waals surface area contributed by atoms with Crippen molar-refractivity contribution in [1.29, 1.82) is 0 Å². The highest BCUT2D eigenvalue weighted by Crippen LogP contribution is 2.23. The number of rotatable bonds is 19. The summed E-state index contributed by atoms with van der Waals surface area (Å²) in [6, 6.07) is 13.2. The van der Waals surface area contributed by atoms with Crippen LogP contribution in [0.25, 0.3) is 0 Å². The SMILES string of the molecule is Cc1nc(CN2CCN(C(C(=O)N[C@@H](Cc3ccccc3)[C@H](O)CN(CC(C)C)S(=O)(=O)c3ccc(/C=N/OC(=O)CCN)cc3)C(C)C)C2=O)cs1. The zero-order valence-electron chi connectivity index (χ0n) is 30.9. The van der Waals surface area contributed by atoms with Gasteiger partial charge in [-0.15, -0.1) is 11.3 Å². The van der Waals surface area contributed by atoms with Crippen LogP contribution in [0.15, 0.2) is 70.0 Å². The van der Waals surface area contributed by atoms with E-state index in [0.29, 0.717) is 25.2 Å². The average Bonchev–Trinajstić information content (AvgIpc) is 3.68. The summed E-state index contributed by atoms with van der Waals surface area (Å²) in [5.41, 5.74) is 7.48. The lowest BCUT2D eigenvalue weighted by molar-refractivity contribution is -0.143. The third kappa shape index (κ3) is 11.6. The van der Waals surface area contributed by atoms with Crippen LogP contribution >= 0.6 is 11.3 Å². The Morgan fingerprint density at radius 1 is 1.09 bits per heavy atom. The molecule has 3 atom stereocenters. The Kier molecular flexibility index (Phi) is 15.1. The number of hydrogen-bond donors (Lipinski definition) is 3. The zero-order chi connectivity index (χ0) is 38.7. The highest BCUT2D eigenvalue weighted by molar-refractivity contribution is 7.89. The van der Waals surface area contributed by atoms with Gasteiger partial charge >= 0.3 is 12.0 Å². The molecule has 53 heavy (non-hydrogen) atoms. The van der Waals surface area contributed by atoms with E-state index in [1.165, 1.54) is 46.1 Å². The Balaban J connectivity index is 1.54. The van der Waals surface area contributed by atoms with Gasteiger partial charge in [-0.25, -0.2) is 23.0 Å². The van der Waals surface area contributed by atoms with Crippen molar-refractivity contribution >= 4 is 45.5 Å². The van der Waals surface area contributed by atoms with E-state index in [4.69, 9.17) is 10.6 Å². The summed E-state index contributed by atoms with van der Waals surface area (Å²) in [4.78, 5) is 51.7. The minimum Gasteiger partial charge on any atom is -0.390 e. The summed E-state index contributed by atoms with van der Waals surface area (Å²) < 4.78 is 29.3. The van der Waals surface area contributed by atoms with Gasteiger partial charge in [0.05, 0.1) is 46.9 Å². The fraction of sp³-hybridized carbons (Fsp3) is 0.486. The van der Waals surface area contributed by atoms with Crippen LogP contribution in [0.4, 0.5) is 4.79 Å². The lowest BCUT2D eigenvalue weighted by atomic mass is 9.97. The fourth-order valence-corrected chi connectivity index (χ4v) is 8.33. The third-order valence-electron chi connectivity index (χ3n) is 8.66. The van der Waals surface area contributed by atoms with Crippen molar-refractivity contribution in [2.45, 2.75) is 77.1 Å². The van der Waals surface area contributed by atoms with E-state index in [1.807, 2.05) is 70.3 Å². The van der Waals surface area contributed by atoms with Crippen molar-refractivity contribution in [1.82, 2.24) is 24.4 Å². The first-order valence-electron chi connectivity index (χ1n) is 17.7. The van der Waals surface area contributed by atoms with Gasteiger partial charge in [0.2, 0.25) is 15.9 Å². The molecule has 0 aliphatic carbocycles. The van der Waals surface area contributed by atoms with Crippen LogP contribution in [-0.2, 0) is 37.4 Å². The van der Waals surface area contributed by atoms with Gasteiger partial charge in [0.25, 0.3) is 0 Å². The molecule has 0 bridgehead atoms. The van der Waals surface area contributed by atoms with Gasteiger partial charge in [0.1, 0.15) is 6.04 Å². The Bertz CT molecular complexity index is 1800. The van der Waals surface area contributed by atoms with E-state index in [1.54, 1.807) is 9.80 Å². The summed E-state index contributed by atoms with van der Waals surface area (Å²) in [6.07, 6.45) is 0.220. The van der Waals surface area contributed by atoms with E-state index >= 15 is 0 Å². The van der Waals surface area contributed by atoms with Gasteiger partial charge in [0.15, 0.2) is 0 Å². The molecule has 1 aromatic heterocycles. The van der Waals surface area contributed by atoms with Crippen LogP contribution in [-0.4, -0.2) is 108 Å². The van der Waals surface area contributed by atoms with Gasteiger partial charge in [-0.1, -0.05) is 75.3 Å². The van der Waals surface area contributed by atoms with E-state index in [2.05, 4.69) is 15.5 Å². The molecule has 2 aromatic carbocycles. The van der Waals surface area contributed by atoms with E-state index in [-0.39, 0.29) is 55.2 Å². The summed E-state index contributed by atoms with van der Waals surface area (Å²) in [7, 11) is -4.11. The molecule has 0 spiro atoms. The van der Waals surface area contributed by atoms with Crippen molar-refractivity contribution in [2.75, 3.05) is 32.7 Å². The summed E-state index contributed by atoms with van der Waals surface area (Å²) in [5, 5.41) is 21.3. The van der Waals surface area contributed by atoms with Crippen LogP contribution in [0.5, 0.6) is 0 Å². The molecule has 3 aromatic rings. The number of nitrogens with two attached hydrogens (primary N) is 1. The number of carbonyl (C=O) groups excluding carboxylic acids is 3. The minimum atomic E-state index is -4.11. The maximum Gasteiger partial charge on any atom is 0.336 e. The highest BCUT2D eigenvalue weighted by atomic mass is 32.2. The maximum atomic E-state index is 14.1. The largest absolute Gasteiger partial charge is 0.390 e. The number of oxime groups is 1. The number of sulfonamides is 1. The summed E-state index contributed by atoms with van der Waals surface area (Å²) in [5.74, 6) is -1.35. The highest BCUT2D eigenvalue weighted by Gasteiger charge is 2.40. The number of urea groups is 1. The standard InChI is InChI=1S/C37H51N7O7S2/c1-25(2)21-43(53(49,50)31-13-11-29(12-14-31)20-39-51-34(46)15-16-38)23-33(45)32(19-28-9-7-6-8-10-28)41-36(47)35(26(3)4)44-18-17-42(37(44)48)22-30-24-52-27(5)40-30/h6-14,20,24-26,32-33,35,45H,15-19,21-23,38H2,1-5H3,(H,41,47)/b39-20+/t32-,33+,35?/m0/s1. The summed E-state index contributed by atoms with van der Waals surface area (Å²) >= 11 is 1.52. The predicted octanol–water partition coefficient (Wildman–Crippen LogP) is 3.37. The molecular formula is C37H51N7O7S2. The van der Waals surface area contributed by atoms with Gasteiger partial charge in [-0.05, 0) is 48.4 Å². The lowest BCUT2D eigenvalue weighted by Crippen LogP contribution is -2.57. The number of aliphatic hydroxyl groups is 1. The van der Waals surface area contributed by atoms with Crippen molar-refractivity contribution in [2.24, 2.45) is 22.7 Å². The van der Waals surface area contributed by atoms with Gasteiger partial charge in [0, 0.05) is 38.1 Å². The van der Waals surface area contributed by atoms with E-state index in [9.17, 15) is 27.9 Å². The minimum absolute atomic E-state index is 0.00365. The van der Waals surface area contributed by atoms with Gasteiger partial charge in [-0.3, -0.25) is 4.79 Å². The second-order valence-electron chi connectivity index (χ2n) is 13.8. The van der Waals surface area contributed by atoms with Crippen molar-refractivity contribution < 1.29 is 32.7 Å². The molecule has 2 heterocycles. The Morgan fingerprint density at radius 3 is 2.40 bits per heavy atom. The first-order valence-corrected chi connectivity index (χ1v) is 20.0.